The maximum atomic E-state index is 2.43. The van der Waals surface area contributed by atoms with E-state index >= 15 is 0 Å². The molecule has 0 aliphatic heterocycles. The molecule has 0 spiro atoms. The lowest BCUT2D eigenvalue weighted by Gasteiger charge is -2.26. The Hall–Kier alpha value is -7.16. The van der Waals surface area contributed by atoms with E-state index in [0.717, 1.165) is 22.7 Å². The van der Waals surface area contributed by atoms with E-state index in [0.29, 0.717) is 0 Å². The molecule has 0 saturated carbocycles. The van der Waals surface area contributed by atoms with Crippen LogP contribution >= 0.6 is 0 Å². The number of nitrogens with zero attached hydrogens (tertiary/aromatic N) is 2. The molecule has 2 nitrogen and oxygen atoms in total. The summed E-state index contributed by atoms with van der Waals surface area (Å²) in [6.07, 6.45) is 0. The molecule has 1 heterocycles. The normalized spacial score (nSPS) is 11.3. The fourth-order valence-electron chi connectivity index (χ4n) is 8.06. The molecule has 1 aromatic heterocycles. The Kier molecular flexibility index (Phi) is 7.85. The van der Waals surface area contributed by atoms with Crippen molar-refractivity contribution in [1.29, 1.82) is 0 Å². The van der Waals surface area contributed by atoms with Gasteiger partial charge in [-0.25, -0.2) is 0 Å². The molecule has 0 aliphatic carbocycles. The average Bonchev–Trinajstić information content (AvgIpc) is 3.60. The van der Waals surface area contributed by atoms with Gasteiger partial charge in [-0.1, -0.05) is 158 Å². The Labute approximate surface area is 315 Å². The van der Waals surface area contributed by atoms with Gasteiger partial charge in [0.05, 0.1) is 11.0 Å². The van der Waals surface area contributed by atoms with Gasteiger partial charge in [0.1, 0.15) is 0 Å². The van der Waals surface area contributed by atoms with Crippen LogP contribution in [-0.2, 0) is 0 Å². The van der Waals surface area contributed by atoms with E-state index < -0.39 is 0 Å². The minimum Gasteiger partial charge on any atom is -0.311 e. The summed E-state index contributed by atoms with van der Waals surface area (Å²) in [6.45, 7) is 0. The molecular formula is C52H36N2. The Balaban J connectivity index is 1.06. The maximum Gasteiger partial charge on any atom is 0.0547 e. The van der Waals surface area contributed by atoms with Gasteiger partial charge in [-0.15, -0.1) is 0 Å². The lowest BCUT2D eigenvalue weighted by Crippen LogP contribution is -2.09. The molecule has 0 atom stereocenters. The predicted molar refractivity (Wildman–Crippen MR) is 229 cm³/mol. The van der Waals surface area contributed by atoms with Gasteiger partial charge < -0.3 is 9.47 Å². The lowest BCUT2D eigenvalue weighted by molar-refractivity contribution is 1.18. The fraction of sp³-hybridized carbons (Fsp3) is 0. The highest BCUT2D eigenvalue weighted by Gasteiger charge is 2.18. The molecule has 0 radical (unpaired) electrons. The van der Waals surface area contributed by atoms with Crippen LogP contribution in [0.1, 0.15) is 0 Å². The third-order valence-corrected chi connectivity index (χ3v) is 10.6. The van der Waals surface area contributed by atoms with Gasteiger partial charge in [0.2, 0.25) is 0 Å². The predicted octanol–water partition coefficient (Wildman–Crippen LogP) is 14.4. The molecule has 0 saturated heterocycles. The van der Waals surface area contributed by atoms with E-state index in [1.54, 1.807) is 0 Å². The van der Waals surface area contributed by atoms with Crippen molar-refractivity contribution in [1.82, 2.24) is 4.57 Å². The Morgan fingerprint density at radius 2 is 0.852 bits per heavy atom. The molecule has 0 bridgehead atoms. The zero-order valence-electron chi connectivity index (χ0n) is 29.7. The second-order valence-electron chi connectivity index (χ2n) is 13.8. The molecule has 0 unspecified atom stereocenters. The SMILES string of the molecule is c1ccc(-c2ccc(N(c3ccccc3)c3ccc(-c4cccc(-n5c6ccccc6c6c7c(-c8ccccc8)cccc7ccc65)c4)cc3)cc2)cc1. The van der Waals surface area contributed by atoms with Crippen LogP contribution in [0, 0.1) is 0 Å². The van der Waals surface area contributed by atoms with Crippen molar-refractivity contribution in [2.24, 2.45) is 0 Å². The van der Waals surface area contributed by atoms with Crippen LogP contribution < -0.4 is 4.90 Å². The van der Waals surface area contributed by atoms with Crippen molar-refractivity contribution < 1.29 is 0 Å². The Morgan fingerprint density at radius 1 is 0.315 bits per heavy atom. The molecule has 10 rings (SSSR count). The van der Waals surface area contributed by atoms with Crippen LogP contribution in [0.5, 0.6) is 0 Å². The van der Waals surface area contributed by atoms with Crippen molar-refractivity contribution in [3.05, 3.63) is 218 Å². The summed E-state index contributed by atoms with van der Waals surface area (Å²) in [5.41, 5.74) is 14.1. The highest BCUT2D eigenvalue weighted by atomic mass is 15.1. The molecule has 9 aromatic carbocycles. The molecular weight excluding hydrogens is 653 g/mol. The molecule has 54 heavy (non-hydrogen) atoms. The van der Waals surface area contributed by atoms with E-state index in [-0.39, 0.29) is 0 Å². The van der Waals surface area contributed by atoms with Crippen LogP contribution in [0.25, 0.3) is 71.6 Å². The van der Waals surface area contributed by atoms with E-state index in [4.69, 9.17) is 0 Å². The number of para-hydroxylation sites is 2. The van der Waals surface area contributed by atoms with Crippen LogP contribution in [0.4, 0.5) is 17.1 Å². The number of hydrogen-bond acceptors (Lipinski definition) is 1. The van der Waals surface area contributed by atoms with Gasteiger partial charge in [0, 0.05) is 33.5 Å². The number of aromatic nitrogens is 1. The van der Waals surface area contributed by atoms with Crippen molar-refractivity contribution in [2.75, 3.05) is 4.90 Å². The third-order valence-electron chi connectivity index (χ3n) is 10.6. The molecule has 10 aromatic rings. The summed E-state index contributed by atoms with van der Waals surface area (Å²) in [5, 5.41) is 5.09. The smallest absolute Gasteiger partial charge is 0.0547 e. The van der Waals surface area contributed by atoms with Gasteiger partial charge in [-0.05, 0) is 105 Å². The first kappa shape index (κ1) is 31.6. The zero-order valence-corrected chi connectivity index (χ0v) is 29.7. The quantitative estimate of drug-likeness (QED) is 0.162. The number of anilines is 3. The van der Waals surface area contributed by atoms with Crippen LogP contribution in [0.15, 0.2) is 218 Å². The van der Waals surface area contributed by atoms with E-state index in [2.05, 4.69) is 228 Å². The van der Waals surface area contributed by atoms with E-state index in [1.807, 2.05) is 0 Å². The summed E-state index contributed by atoms with van der Waals surface area (Å²) in [5.74, 6) is 0. The van der Waals surface area contributed by atoms with Crippen LogP contribution in [-0.4, -0.2) is 4.57 Å². The molecule has 0 N–H and O–H groups in total. The van der Waals surface area contributed by atoms with Gasteiger partial charge in [0.25, 0.3) is 0 Å². The Morgan fingerprint density at radius 3 is 1.56 bits per heavy atom. The molecule has 254 valence electrons. The van der Waals surface area contributed by atoms with Crippen molar-refractivity contribution >= 4 is 49.6 Å². The second kappa shape index (κ2) is 13.4. The summed E-state index contributed by atoms with van der Waals surface area (Å²) < 4.78 is 2.43. The maximum absolute atomic E-state index is 2.43. The second-order valence-corrected chi connectivity index (χ2v) is 13.8. The standard InChI is InChI=1S/C52H36N2/c1-4-14-37(15-5-1)38-26-31-44(32-27-38)53(43-20-8-3-9-21-43)45-33-28-39(29-34-45)42-19-12-22-46(36-42)54-49-25-11-10-23-48(49)52-50(54)35-30-41-18-13-24-47(51(41)52)40-16-6-2-7-17-40/h1-36H. The summed E-state index contributed by atoms with van der Waals surface area (Å²) in [4.78, 5) is 2.32. The van der Waals surface area contributed by atoms with Crippen LogP contribution in [0.3, 0.4) is 0 Å². The highest BCUT2D eigenvalue weighted by molar-refractivity contribution is 6.24. The van der Waals surface area contributed by atoms with Gasteiger partial charge in [-0.2, -0.15) is 0 Å². The topological polar surface area (TPSA) is 8.17 Å². The zero-order chi connectivity index (χ0) is 35.8. The molecule has 0 fully saturated rings. The molecule has 0 amide bonds. The van der Waals surface area contributed by atoms with Crippen molar-refractivity contribution in [3.63, 3.8) is 0 Å². The number of benzene rings is 9. The number of hydrogen-bond donors (Lipinski definition) is 0. The van der Waals surface area contributed by atoms with Gasteiger partial charge >= 0.3 is 0 Å². The fourth-order valence-corrected chi connectivity index (χ4v) is 8.06. The first-order chi connectivity index (χ1) is 26.8. The lowest BCUT2D eigenvalue weighted by atomic mass is 9.94. The first-order valence-electron chi connectivity index (χ1n) is 18.5. The van der Waals surface area contributed by atoms with E-state index in [9.17, 15) is 0 Å². The van der Waals surface area contributed by atoms with E-state index in [1.165, 1.54) is 66.0 Å². The summed E-state index contributed by atoms with van der Waals surface area (Å²) >= 11 is 0. The van der Waals surface area contributed by atoms with Crippen LogP contribution in [0.2, 0.25) is 0 Å². The minimum atomic E-state index is 1.11. The number of rotatable bonds is 7. The van der Waals surface area contributed by atoms with Crippen molar-refractivity contribution in [2.45, 2.75) is 0 Å². The Bertz CT molecular complexity index is 2890. The summed E-state index contributed by atoms with van der Waals surface area (Å²) in [6, 6.07) is 78.7. The minimum absolute atomic E-state index is 1.11. The monoisotopic (exact) mass is 688 g/mol. The third kappa shape index (κ3) is 5.53. The van der Waals surface area contributed by atoms with Crippen molar-refractivity contribution in [3.8, 4) is 39.1 Å². The van der Waals surface area contributed by atoms with Gasteiger partial charge in [-0.3, -0.25) is 0 Å². The molecule has 2 heteroatoms. The average molecular weight is 689 g/mol. The highest BCUT2D eigenvalue weighted by Crippen LogP contribution is 2.42. The molecule has 0 aliphatic rings. The largest absolute Gasteiger partial charge is 0.311 e. The first-order valence-corrected chi connectivity index (χ1v) is 18.5. The number of fused-ring (bicyclic) bond motifs is 5. The van der Waals surface area contributed by atoms with Gasteiger partial charge in [0.15, 0.2) is 0 Å². The summed E-state index contributed by atoms with van der Waals surface area (Å²) in [7, 11) is 0.